The molecule has 2 N–H and O–H groups in total. The van der Waals surface area contributed by atoms with Gasteiger partial charge in [-0.15, -0.1) is 0 Å². The van der Waals surface area contributed by atoms with Crippen LogP contribution in [0.2, 0.25) is 0 Å². The van der Waals surface area contributed by atoms with E-state index in [2.05, 4.69) is 298 Å². The molecule has 4 aromatic carbocycles. The van der Waals surface area contributed by atoms with Crippen LogP contribution in [0.3, 0.4) is 0 Å². The molecule has 0 spiro atoms. The number of nitrogens with zero attached hydrogens (tertiary/aromatic N) is 2. The van der Waals surface area contributed by atoms with Crippen molar-refractivity contribution < 1.29 is 0 Å². The Kier molecular flexibility index (Phi) is 14.2. The Balaban J connectivity index is 1.56. The van der Waals surface area contributed by atoms with Gasteiger partial charge < -0.3 is 9.97 Å². The van der Waals surface area contributed by atoms with Crippen molar-refractivity contribution in [3.05, 3.63) is 164 Å². The minimum atomic E-state index is -0.112. The first-order chi connectivity index (χ1) is 36.6. The van der Waals surface area contributed by atoms with Crippen molar-refractivity contribution in [2.24, 2.45) is 0 Å². The second kappa shape index (κ2) is 19.6. The molecule has 2 aliphatic rings. The summed E-state index contributed by atoms with van der Waals surface area (Å²) < 4.78 is 0. The first-order valence-electron chi connectivity index (χ1n) is 29.5. The predicted octanol–water partition coefficient (Wildman–Crippen LogP) is 21.7. The first kappa shape index (κ1) is 58.1. The molecule has 0 atom stereocenters. The second-order valence-corrected chi connectivity index (χ2v) is 31.7. The molecule has 9 rings (SSSR count). The van der Waals surface area contributed by atoms with E-state index in [1.165, 1.54) is 44.5 Å². The van der Waals surface area contributed by atoms with Gasteiger partial charge in [0.1, 0.15) is 0 Å². The maximum atomic E-state index is 5.80. The summed E-state index contributed by atoms with van der Waals surface area (Å²) in [6.45, 7) is 56.0. The van der Waals surface area contributed by atoms with Crippen LogP contribution in [-0.4, -0.2) is 19.9 Å². The highest BCUT2D eigenvalue weighted by atomic mass is 14.8. The molecule has 0 amide bonds. The van der Waals surface area contributed by atoms with E-state index in [0.717, 1.165) is 89.4 Å². The van der Waals surface area contributed by atoms with Crippen molar-refractivity contribution in [3.8, 4) is 44.5 Å². The Morgan fingerprint density at radius 1 is 0.225 bits per heavy atom. The Morgan fingerprint density at radius 3 is 0.625 bits per heavy atom. The molecule has 0 radical (unpaired) electrons. The smallest absolute Gasteiger partial charge is 0.0872 e. The maximum Gasteiger partial charge on any atom is 0.0872 e. The number of hydrogen-bond acceptors (Lipinski definition) is 2. The van der Waals surface area contributed by atoms with Gasteiger partial charge >= 0.3 is 0 Å². The molecule has 418 valence electrons. The van der Waals surface area contributed by atoms with Gasteiger partial charge in [0.2, 0.25) is 0 Å². The number of benzene rings is 4. The molecule has 4 heteroatoms. The lowest BCUT2D eigenvalue weighted by Crippen LogP contribution is -2.17. The highest BCUT2D eigenvalue weighted by Gasteiger charge is 2.30. The molecule has 80 heavy (non-hydrogen) atoms. The van der Waals surface area contributed by atoms with E-state index >= 15 is 0 Å². The number of H-pyrrole nitrogens is 2. The van der Waals surface area contributed by atoms with Crippen molar-refractivity contribution in [3.63, 3.8) is 0 Å². The standard InChI is InChI=1S/C76H94N4/c1-69(2,3)49-33-45(34-50(41-49)70(4,5)6)65-61-29-25-57(77-61)58-27-31-63(79-58)67(47-37-53(73(13,14)15)43-54(38-47)74(16,17)18)68(48-39-55(75(19,20)21)44-56(40-48)76(22,23)24)64-32-28-60(80-64)59-26-30-62(78-59)66(65)46-35-51(71(7,8)9)42-52(36-46)72(10,11)12/h25-44,77,80H,1-24H3. The van der Waals surface area contributed by atoms with Crippen LogP contribution in [0.5, 0.6) is 0 Å². The second-order valence-electron chi connectivity index (χ2n) is 31.7. The average molecular weight is 1060 g/mol. The zero-order chi connectivity index (χ0) is 58.8. The van der Waals surface area contributed by atoms with Gasteiger partial charge in [-0.05, 0) is 159 Å². The summed E-state index contributed by atoms with van der Waals surface area (Å²) in [6.07, 6.45) is 8.96. The molecule has 0 fully saturated rings. The molecule has 2 aliphatic heterocycles. The third-order valence-electron chi connectivity index (χ3n) is 16.6. The largest absolute Gasteiger partial charge is 0.353 e. The molecule has 0 unspecified atom stereocenters. The van der Waals surface area contributed by atoms with Crippen molar-refractivity contribution >= 4 is 46.4 Å². The maximum absolute atomic E-state index is 5.80. The summed E-state index contributed by atoms with van der Waals surface area (Å²) in [7, 11) is 0. The summed E-state index contributed by atoms with van der Waals surface area (Å²) in [6, 6.07) is 38.3. The van der Waals surface area contributed by atoms with E-state index in [1.54, 1.807) is 0 Å². The van der Waals surface area contributed by atoms with Crippen molar-refractivity contribution in [1.29, 1.82) is 0 Å². The lowest BCUT2D eigenvalue weighted by atomic mass is 9.77. The normalized spacial score (nSPS) is 13.9. The van der Waals surface area contributed by atoms with Crippen LogP contribution in [0.4, 0.5) is 0 Å². The number of fused-ring (bicyclic) bond motifs is 10. The summed E-state index contributed by atoms with van der Waals surface area (Å²) in [5, 5.41) is 0. The zero-order valence-corrected chi connectivity index (χ0v) is 53.4. The van der Waals surface area contributed by atoms with Gasteiger partial charge in [0.15, 0.2) is 0 Å². The zero-order valence-electron chi connectivity index (χ0n) is 53.4. The van der Waals surface area contributed by atoms with E-state index < -0.39 is 0 Å². The molecule has 0 saturated carbocycles. The Bertz CT molecular complexity index is 3440. The molecule has 5 heterocycles. The number of nitrogens with one attached hydrogen (secondary N) is 2. The van der Waals surface area contributed by atoms with Gasteiger partial charge in [-0.25, -0.2) is 9.97 Å². The molecule has 3 aromatic heterocycles. The number of hydrogen-bond donors (Lipinski definition) is 2. The quantitative estimate of drug-likeness (QED) is 0.185. The first-order valence-corrected chi connectivity index (χ1v) is 29.5. The Morgan fingerprint density at radius 2 is 0.412 bits per heavy atom. The summed E-state index contributed by atoms with van der Waals surface area (Å²) >= 11 is 0. The van der Waals surface area contributed by atoms with Crippen LogP contribution >= 0.6 is 0 Å². The van der Waals surface area contributed by atoms with Crippen molar-refractivity contribution in [2.45, 2.75) is 209 Å². The van der Waals surface area contributed by atoms with Gasteiger partial charge in [0, 0.05) is 33.3 Å². The minimum absolute atomic E-state index is 0.110. The number of aromatic nitrogens is 4. The van der Waals surface area contributed by atoms with Crippen LogP contribution in [0, 0.1) is 0 Å². The van der Waals surface area contributed by atoms with Gasteiger partial charge in [0.05, 0.1) is 33.8 Å². The fourth-order valence-corrected chi connectivity index (χ4v) is 10.9. The molecular formula is C76H94N4. The van der Waals surface area contributed by atoms with Crippen LogP contribution in [0.15, 0.2) is 97.1 Å². The molecule has 8 bridgehead atoms. The lowest BCUT2D eigenvalue weighted by molar-refractivity contribution is 0.568. The molecule has 0 saturated heterocycles. The summed E-state index contributed by atoms with van der Waals surface area (Å²) in [5.74, 6) is 0. The average Bonchev–Trinajstić information content (AvgIpc) is 4.18. The Labute approximate surface area is 482 Å². The summed E-state index contributed by atoms with van der Waals surface area (Å²) in [5.41, 5.74) is 26.0. The topological polar surface area (TPSA) is 57.4 Å². The summed E-state index contributed by atoms with van der Waals surface area (Å²) in [4.78, 5) is 19.8. The van der Waals surface area contributed by atoms with Crippen LogP contribution in [0.1, 0.15) is 233 Å². The van der Waals surface area contributed by atoms with Gasteiger partial charge in [-0.1, -0.05) is 239 Å². The number of rotatable bonds is 4. The number of aromatic amines is 2. The fourth-order valence-electron chi connectivity index (χ4n) is 10.9. The van der Waals surface area contributed by atoms with Gasteiger partial charge in [0.25, 0.3) is 0 Å². The van der Waals surface area contributed by atoms with E-state index in [-0.39, 0.29) is 43.3 Å². The van der Waals surface area contributed by atoms with Crippen LogP contribution in [-0.2, 0) is 43.3 Å². The highest BCUT2D eigenvalue weighted by Crippen LogP contribution is 2.47. The monoisotopic (exact) mass is 1060 g/mol. The van der Waals surface area contributed by atoms with Crippen LogP contribution < -0.4 is 0 Å². The van der Waals surface area contributed by atoms with Crippen molar-refractivity contribution in [2.75, 3.05) is 0 Å². The van der Waals surface area contributed by atoms with Crippen molar-refractivity contribution in [1.82, 2.24) is 19.9 Å². The molecule has 7 aromatic rings. The van der Waals surface area contributed by atoms with E-state index in [9.17, 15) is 0 Å². The van der Waals surface area contributed by atoms with E-state index in [1.807, 2.05) is 0 Å². The van der Waals surface area contributed by atoms with E-state index in [4.69, 9.17) is 9.97 Å². The molecular weight excluding hydrogens is 969 g/mol. The minimum Gasteiger partial charge on any atom is -0.353 e. The highest BCUT2D eigenvalue weighted by molar-refractivity contribution is 6.02. The fraction of sp³-hybridized carbons (Fsp3) is 0.421. The molecule has 0 aliphatic carbocycles. The Hall–Kier alpha value is -6.52. The van der Waals surface area contributed by atoms with Gasteiger partial charge in [-0.2, -0.15) is 0 Å². The SMILES string of the molecule is CC(C)(C)c1cc(-c2c3nc(c4ccc([nH]4)c(-c4cc(C(C)(C)C)cc(C(C)(C)C)c4)c(-c4cc(C(C)(C)C)cc(C(C)(C)C)c4)c4nc(c5ccc([nH]5)c2-c2cc(C(C)(C)C)cc(C(C)(C)C)c2)C=C4)C=C3)cc(C(C)(C)C)c1. The van der Waals surface area contributed by atoms with E-state index in [0.29, 0.717) is 0 Å². The third-order valence-corrected chi connectivity index (χ3v) is 16.6. The van der Waals surface area contributed by atoms with Crippen LogP contribution in [0.25, 0.3) is 90.9 Å². The third kappa shape index (κ3) is 11.8. The molecule has 4 nitrogen and oxygen atoms in total. The van der Waals surface area contributed by atoms with Gasteiger partial charge in [-0.3, -0.25) is 0 Å². The predicted molar refractivity (Wildman–Crippen MR) is 350 cm³/mol. The lowest BCUT2D eigenvalue weighted by Gasteiger charge is -2.28.